The first-order valence-electron chi connectivity index (χ1n) is 10.8. The molecule has 3 aromatic rings. The average Bonchev–Trinajstić information content (AvgIpc) is 3.45. The van der Waals surface area contributed by atoms with Crippen molar-refractivity contribution >= 4 is 33.4 Å². The molecule has 8 heteroatoms. The number of aliphatic hydroxyl groups excluding tert-OH is 1. The van der Waals surface area contributed by atoms with Crippen LogP contribution in [0.3, 0.4) is 0 Å². The van der Waals surface area contributed by atoms with Gasteiger partial charge in [-0.15, -0.1) is 0 Å². The molecule has 1 atom stereocenters. The number of hydrogen-bond donors (Lipinski definition) is 1. The number of Topliss-reactive ketones (excluding diaryl/α,β-unsaturated/α-hetero) is 1. The summed E-state index contributed by atoms with van der Waals surface area (Å²) in [4.78, 5) is 31.7. The summed E-state index contributed by atoms with van der Waals surface area (Å²) in [5, 5.41) is 11.1. The molecule has 1 amide bonds. The molecule has 0 saturated carbocycles. The van der Waals surface area contributed by atoms with Crippen LogP contribution < -0.4 is 4.74 Å². The molecule has 0 spiro atoms. The summed E-state index contributed by atoms with van der Waals surface area (Å²) in [5.74, 6) is -0.866. The minimum Gasteiger partial charge on any atom is -0.507 e. The standard InChI is InChI=1S/C26H24BrN3O4/c1-2-16-34-21-10-6-18(7-11-21)23-22(24(31)19-4-8-20(27)9-5-19)25(32)26(33)30(23)14-3-13-29-15-12-28-17-29/h2,4-12,15,17,23,31H,1,3,13-14,16H2/b24-22-. The summed E-state index contributed by atoms with van der Waals surface area (Å²) >= 11 is 3.38. The fraction of sp³-hybridized carbons (Fsp3) is 0.192. The maximum absolute atomic E-state index is 13.1. The fourth-order valence-corrected chi connectivity index (χ4v) is 4.23. The number of benzene rings is 2. The highest BCUT2D eigenvalue weighted by Crippen LogP contribution is 2.40. The molecule has 1 aromatic heterocycles. The summed E-state index contributed by atoms with van der Waals surface area (Å²) in [5.41, 5.74) is 1.26. The lowest BCUT2D eigenvalue weighted by Crippen LogP contribution is -2.31. The number of carbonyl (C=O) groups is 2. The van der Waals surface area contributed by atoms with Crippen molar-refractivity contribution in [3.8, 4) is 5.75 Å². The van der Waals surface area contributed by atoms with Gasteiger partial charge in [-0.05, 0) is 36.2 Å². The van der Waals surface area contributed by atoms with Crippen molar-refractivity contribution in [2.75, 3.05) is 13.2 Å². The van der Waals surface area contributed by atoms with Gasteiger partial charge in [-0.3, -0.25) is 9.59 Å². The predicted octanol–water partition coefficient (Wildman–Crippen LogP) is 4.72. The van der Waals surface area contributed by atoms with Gasteiger partial charge in [0.1, 0.15) is 18.1 Å². The molecule has 0 bridgehead atoms. The van der Waals surface area contributed by atoms with Crippen LogP contribution in [0.5, 0.6) is 5.75 Å². The number of ether oxygens (including phenoxy) is 1. The third-order valence-electron chi connectivity index (χ3n) is 5.60. The molecule has 1 saturated heterocycles. The van der Waals surface area contributed by atoms with Gasteiger partial charge in [0.25, 0.3) is 11.7 Å². The third-order valence-corrected chi connectivity index (χ3v) is 6.12. The first-order valence-corrected chi connectivity index (χ1v) is 11.6. The molecule has 0 aliphatic carbocycles. The van der Waals surface area contributed by atoms with Gasteiger partial charge in [0.2, 0.25) is 0 Å². The van der Waals surface area contributed by atoms with E-state index in [0.717, 1.165) is 4.47 Å². The maximum atomic E-state index is 13.1. The van der Waals surface area contributed by atoms with Gasteiger partial charge >= 0.3 is 0 Å². The van der Waals surface area contributed by atoms with Gasteiger partial charge in [0, 0.05) is 35.5 Å². The van der Waals surface area contributed by atoms with Crippen LogP contribution in [0.25, 0.3) is 5.76 Å². The van der Waals surface area contributed by atoms with Crippen LogP contribution in [0.4, 0.5) is 0 Å². The second-order valence-electron chi connectivity index (χ2n) is 7.82. The SMILES string of the molecule is C=CCOc1ccc(C2/C(=C(/O)c3ccc(Br)cc3)C(=O)C(=O)N2CCCn2ccnc2)cc1. The zero-order valence-corrected chi connectivity index (χ0v) is 20.0. The highest BCUT2D eigenvalue weighted by Gasteiger charge is 2.45. The number of aryl methyl sites for hydroxylation is 1. The van der Waals surface area contributed by atoms with E-state index in [1.54, 1.807) is 55.0 Å². The summed E-state index contributed by atoms with van der Waals surface area (Å²) in [6, 6.07) is 13.4. The normalized spacial score (nSPS) is 17.2. The lowest BCUT2D eigenvalue weighted by Gasteiger charge is -2.25. The number of carbonyl (C=O) groups excluding carboxylic acids is 2. The van der Waals surface area contributed by atoms with Crippen LogP contribution in [0, 0.1) is 0 Å². The zero-order valence-electron chi connectivity index (χ0n) is 18.4. The van der Waals surface area contributed by atoms with Crippen LogP contribution in [-0.4, -0.2) is 44.4 Å². The largest absolute Gasteiger partial charge is 0.507 e. The molecule has 4 rings (SSSR count). The lowest BCUT2D eigenvalue weighted by molar-refractivity contribution is -0.139. The zero-order chi connectivity index (χ0) is 24.1. The van der Waals surface area contributed by atoms with Crippen LogP contribution in [0.2, 0.25) is 0 Å². The molecule has 1 aliphatic rings. The molecule has 34 heavy (non-hydrogen) atoms. The number of aromatic nitrogens is 2. The van der Waals surface area contributed by atoms with Gasteiger partial charge in [0.15, 0.2) is 0 Å². The second kappa shape index (κ2) is 10.5. The third kappa shape index (κ3) is 4.97. The van der Waals surface area contributed by atoms with Crippen molar-refractivity contribution < 1.29 is 19.4 Å². The minimum absolute atomic E-state index is 0.0784. The average molecular weight is 522 g/mol. The molecule has 0 radical (unpaired) electrons. The molecule has 1 fully saturated rings. The van der Waals surface area contributed by atoms with Gasteiger partial charge in [-0.1, -0.05) is 52.9 Å². The first-order chi connectivity index (χ1) is 16.5. The Labute approximate surface area is 206 Å². The van der Waals surface area contributed by atoms with Crippen molar-refractivity contribution in [1.29, 1.82) is 0 Å². The number of ketones is 1. The lowest BCUT2D eigenvalue weighted by atomic mass is 9.95. The molecular weight excluding hydrogens is 498 g/mol. The van der Waals surface area contributed by atoms with Crippen LogP contribution in [0.15, 0.2) is 90.0 Å². The maximum Gasteiger partial charge on any atom is 0.295 e. The van der Waals surface area contributed by atoms with E-state index >= 15 is 0 Å². The fourth-order valence-electron chi connectivity index (χ4n) is 3.96. The summed E-state index contributed by atoms with van der Waals surface area (Å²) < 4.78 is 8.32. The molecule has 1 aliphatic heterocycles. The van der Waals surface area contributed by atoms with Gasteiger partial charge in [-0.2, -0.15) is 0 Å². The molecule has 1 N–H and O–H groups in total. The van der Waals surface area contributed by atoms with Crippen molar-refractivity contribution in [2.45, 2.75) is 19.0 Å². The quantitative estimate of drug-likeness (QED) is 0.190. The number of rotatable bonds is 9. The molecule has 2 heterocycles. The van der Waals surface area contributed by atoms with E-state index < -0.39 is 17.7 Å². The van der Waals surface area contributed by atoms with E-state index in [1.807, 2.05) is 22.9 Å². The monoisotopic (exact) mass is 521 g/mol. The van der Waals surface area contributed by atoms with E-state index in [9.17, 15) is 14.7 Å². The Morgan fingerprint density at radius 2 is 1.85 bits per heavy atom. The number of nitrogens with zero attached hydrogens (tertiary/aromatic N) is 3. The molecule has 7 nitrogen and oxygen atoms in total. The smallest absolute Gasteiger partial charge is 0.295 e. The summed E-state index contributed by atoms with van der Waals surface area (Å²) in [6.07, 6.45) is 7.53. The predicted molar refractivity (Wildman–Crippen MR) is 132 cm³/mol. The van der Waals surface area contributed by atoms with Gasteiger partial charge < -0.3 is 19.3 Å². The topological polar surface area (TPSA) is 84.7 Å². The van der Waals surface area contributed by atoms with Crippen LogP contribution in [-0.2, 0) is 16.1 Å². The number of amides is 1. The molecular formula is C26H24BrN3O4. The molecule has 2 aromatic carbocycles. The van der Waals surface area contributed by atoms with E-state index in [0.29, 0.717) is 43.0 Å². The first kappa shape index (κ1) is 23.5. The van der Waals surface area contributed by atoms with Gasteiger partial charge in [-0.25, -0.2) is 4.98 Å². The number of hydrogen-bond acceptors (Lipinski definition) is 5. The number of imidazole rings is 1. The molecule has 174 valence electrons. The van der Waals surface area contributed by atoms with Crippen molar-refractivity contribution in [1.82, 2.24) is 14.5 Å². The van der Waals surface area contributed by atoms with E-state index in [4.69, 9.17) is 4.74 Å². The minimum atomic E-state index is -0.708. The Bertz CT molecular complexity index is 1200. The van der Waals surface area contributed by atoms with Crippen molar-refractivity contribution in [3.63, 3.8) is 0 Å². The number of likely N-dealkylation sites (tertiary alicyclic amines) is 1. The Morgan fingerprint density at radius 1 is 1.12 bits per heavy atom. The molecule has 1 unspecified atom stereocenters. The van der Waals surface area contributed by atoms with E-state index in [-0.39, 0.29) is 11.3 Å². The number of aliphatic hydroxyl groups is 1. The number of halogens is 1. The Morgan fingerprint density at radius 3 is 2.50 bits per heavy atom. The van der Waals surface area contributed by atoms with Gasteiger partial charge in [0.05, 0.1) is 17.9 Å². The Kier molecular flexibility index (Phi) is 7.27. The van der Waals surface area contributed by atoms with Crippen LogP contribution in [0.1, 0.15) is 23.6 Å². The van der Waals surface area contributed by atoms with Crippen molar-refractivity contribution in [2.24, 2.45) is 0 Å². The Hall–Kier alpha value is -3.65. The van der Waals surface area contributed by atoms with E-state index in [2.05, 4.69) is 27.5 Å². The highest BCUT2D eigenvalue weighted by atomic mass is 79.9. The second-order valence-corrected chi connectivity index (χ2v) is 8.74. The van der Waals surface area contributed by atoms with E-state index in [1.165, 1.54) is 4.90 Å². The van der Waals surface area contributed by atoms with Crippen molar-refractivity contribution in [3.05, 3.63) is 101 Å². The van der Waals surface area contributed by atoms with Crippen LogP contribution >= 0.6 is 15.9 Å². The summed E-state index contributed by atoms with van der Waals surface area (Å²) in [6.45, 7) is 5.01. The summed E-state index contributed by atoms with van der Waals surface area (Å²) in [7, 11) is 0. The highest BCUT2D eigenvalue weighted by molar-refractivity contribution is 9.10. The Balaban J connectivity index is 1.70.